The van der Waals surface area contributed by atoms with Gasteiger partial charge in [-0.05, 0) is 48.4 Å². The fourth-order valence-corrected chi connectivity index (χ4v) is 1.93. The lowest BCUT2D eigenvalue weighted by atomic mass is 10.1. The summed E-state index contributed by atoms with van der Waals surface area (Å²) in [5, 5.41) is 3.06. The van der Waals surface area contributed by atoms with Crippen molar-refractivity contribution in [2.24, 2.45) is 5.73 Å². The van der Waals surface area contributed by atoms with Crippen LogP contribution in [0, 0.1) is 18.6 Å². The van der Waals surface area contributed by atoms with Crippen LogP contribution in [0.2, 0.25) is 0 Å². The number of carbonyl (C=O) groups excluding carboxylic acids is 1. The van der Waals surface area contributed by atoms with E-state index in [0.717, 1.165) is 17.3 Å². The summed E-state index contributed by atoms with van der Waals surface area (Å²) in [5.74, 6) is -1.71. The number of anilines is 1. The van der Waals surface area contributed by atoms with Gasteiger partial charge in [0, 0.05) is 23.9 Å². The van der Waals surface area contributed by atoms with E-state index in [2.05, 4.69) is 5.32 Å². The minimum Gasteiger partial charge on any atom is -0.381 e. The summed E-state index contributed by atoms with van der Waals surface area (Å²) < 4.78 is 26.1. The van der Waals surface area contributed by atoms with Gasteiger partial charge >= 0.3 is 0 Å². The maximum absolute atomic E-state index is 13.1. The lowest BCUT2D eigenvalue weighted by molar-refractivity contribution is 0.1000. The van der Waals surface area contributed by atoms with Crippen LogP contribution in [0.15, 0.2) is 36.4 Å². The van der Waals surface area contributed by atoms with E-state index in [4.69, 9.17) is 5.73 Å². The lowest BCUT2D eigenvalue weighted by Gasteiger charge is -2.10. The number of amides is 1. The Balaban J connectivity index is 2.12. The summed E-state index contributed by atoms with van der Waals surface area (Å²) in [5.41, 5.74) is 7.72. The molecule has 2 rings (SSSR count). The summed E-state index contributed by atoms with van der Waals surface area (Å²) in [6.07, 6.45) is 0. The van der Waals surface area contributed by atoms with Crippen LogP contribution in [0.3, 0.4) is 0 Å². The van der Waals surface area contributed by atoms with Gasteiger partial charge in [-0.15, -0.1) is 0 Å². The second-order valence-electron chi connectivity index (χ2n) is 4.53. The number of hydrogen-bond donors (Lipinski definition) is 2. The van der Waals surface area contributed by atoms with Crippen molar-refractivity contribution in [3.8, 4) is 0 Å². The molecule has 2 aromatic carbocycles. The largest absolute Gasteiger partial charge is 0.381 e. The first-order valence-corrected chi connectivity index (χ1v) is 6.05. The van der Waals surface area contributed by atoms with Crippen LogP contribution in [0.5, 0.6) is 0 Å². The average Bonchev–Trinajstić information content (AvgIpc) is 2.36. The minimum atomic E-state index is -0.609. The number of halogens is 2. The molecule has 0 saturated carbocycles. The zero-order valence-electron chi connectivity index (χ0n) is 10.9. The molecule has 0 heterocycles. The molecule has 0 bridgehead atoms. The molecule has 0 saturated heterocycles. The van der Waals surface area contributed by atoms with Crippen molar-refractivity contribution in [2.45, 2.75) is 13.5 Å². The number of primary amides is 1. The normalized spacial score (nSPS) is 10.3. The summed E-state index contributed by atoms with van der Waals surface area (Å²) in [6, 6.07) is 8.34. The molecule has 0 aliphatic rings. The van der Waals surface area contributed by atoms with Crippen molar-refractivity contribution in [3.63, 3.8) is 0 Å². The van der Waals surface area contributed by atoms with E-state index in [0.29, 0.717) is 11.1 Å². The number of nitrogens with two attached hydrogens (primary N) is 1. The van der Waals surface area contributed by atoms with E-state index in [-0.39, 0.29) is 6.54 Å². The zero-order valence-corrected chi connectivity index (χ0v) is 10.9. The Kier molecular flexibility index (Phi) is 3.98. The Morgan fingerprint density at radius 1 is 1.15 bits per heavy atom. The highest BCUT2D eigenvalue weighted by atomic mass is 19.1. The number of rotatable bonds is 4. The highest BCUT2D eigenvalue weighted by Crippen LogP contribution is 2.18. The molecular formula is C15H14F2N2O. The molecule has 3 N–H and O–H groups in total. The monoisotopic (exact) mass is 276 g/mol. The Morgan fingerprint density at radius 3 is 2.35 bits per heavy atom. The first-order chi connectivity index (χ1) is 9.45. The first-order valence-electron chi connectivity index (χ1n) is 6.05. The number of benzene rings is 2. The van der Waals surface area contributed by atoms with Crippen molar-refractivity contribution in [1.82, 2.24) is 0 Å². The fourth-order valence-electron chi connectivity index (χ4n) is 1.93. The molecule has 0 radical (unpaired) electrons. The maximum Gasteiger partial charge on any atom is 0.248 e. The van der Waals surface area contributed by atoms with Crippen molar-refractivity contribution in [3.05, 3.63) is 64.7 Å². The summed E-state index contributed by atoms with van der Waals surface area (Å²) in [6.45, 7) is 2.10. The van der Waals surface area contributed by atoms with Crippen molar-refractivity contribution >= 4 is 11.6 Å². The van der Waals surface area contributed by atoms with Crippen LogP contribution in [0.4, 0.5) is 14.5 Å². The average molecular weight is 276 g/mol. The predicted octanol–water partition coefficient (Wildman–Crippen LogP) is 2.98. The van der Waals surface area contributed by atoms with Crippen molar-refractivity contribution < 1.29 is 13.6 Å². The third-order valence-corrected chi connectivity index (χ3v) is 2.92. The van der Waals surface area contributed by atoms with Gasteiger partial charge in [-0.3, -0.25) is 4.79 Å². The molecule has 2 aromatic rings. The van der Waals surface area contributed by atoms with E-state index < -0.39 is 17.5 Å². The van der Waals surface area contributed by atoms with E-state index in [1.165, 1.54) is 12.1 Å². The Labute approximate surface area is 115 Å². The van der Waals surface area contributed by atoms with Gasteiger partial charge < -0.3 is 11.1 Å². The molecule has 0 aliphatic carbocycles. The summed E-state index contributed by atoms with van der Waals surface area (Å²) in [7, 11) is 0. The van der Waals surface area contributed by atoms with Gasteiger partial charge in [0.15, 0.2) is 0 Å². The first kappa shape index (κ1) is 14.0. The molecule has 3 nitrogen and oxygen atoms in total. The molecule has 1 amide bonds. The standard InChI is InChI=1S/C15H14F2N2O/c1-9-4-11(15(18)20)2-3-14(9)19-8-10-5-12(16)7-13(17)6-10/h2-7,19H,8H2,1H3,(H2,18,20). The molecule has 0 fully saturated rings. The molecule has 0 aliphatic heterocycles. The zero-order chi connectivity index (χ0) is 14.7. The van der Waals surface area contributed by atoms with Crippen LogP contribution in [0.1, 0.15) is 21.5 Å². The van der Waals surface area contributed by atoms with Crippen LogP contribution >= 0.6 is 0 Å². The van der Waals surface area contributed by atoms with Gasteiger partial charge in [-0.1, -0.05) is 0 Å². The molecule has 0 unspecified atom stereocenters. The van der Waals surface area contributed by atoms with Crippen LogP contribution < -0.4 is 11.1 Å². The quantitative estimate of drug-likeness (QED) is 0.902. The SMILES string of the molecule is Cc1cc(C(N)=O)ccc1NCc1cc(F)cc(F)c1. The van der Waals surface area contributed by atoms with Gasteiger partial charge in [-0.25, -0.2) is 8.78 Å². The maximum atomic E-state index is 13.1. The molecule has 5 heteroatoms. The van der Waals surface area contributed by atoms with Gasteiger partial charge in [-0.2, -0.15) is 0 Å². The number of carbonyl (C=O) groups is 1. The molecule has 104 valence electrons. The van der Waals surface area contributed by atoms with E-state index in [1.807, 2.05) is 6.92 Å². The highest BCUT2D eigenvalue weighted by Gasteiger charge is 2.05. The van der Waals surface area contributed by atoms with Gasteiger partial charge in [0.25, 0.3) is 0 Å². The van der Waals surface area contributed by atoms with E-state index >= 15 is 0 Å². The summed E-state index contributed by atoms with van der Waals surface area (Å²) >= 11 is 0. The highest BCUT2D eigenvalue weighted by molar-refractivity contribution is 5.93. The summed E-state index contributed by atoms with van der Waals surface area (Å²) in [4.78, 5) is 11.0. The third-order valence-electron chi connectivity index (χ3n) is 2.92. The molecular weight excluding hydrogens is 262 g/mol. The molecule has 0 spiro atoms. The predicted molar refractivity (Wildman–Crippen MR) is 73.4 cm³/mol. The van der Waals surface area contributed by atoms with Gasteiger partial charge in [0.1, 0.15) is 11.6 Å². The minimum absolute atomic E-state index is 0.283. The van der Waals surface area contributed by atoms with Crippen LogP contribution in [-0.2, 0) is 6.54 Å². The Hall–Kier alpha value is -2.43. The van der Waals surface area contributed by atoms with E-state index in [9.17, 15) is 13.6 Å². The second-order valence-corrected chi connectivity index (χ2v) is 4.53. The topological polar surface area (TPSA) is 55.1 Å². The smallest absolute Gasteiger partial charge is 0.248 e. The van der Waals surface area contributed by atoms with E-state index in [1.54, 1.807) is 18.2 Å². The Morgan fingerprint density at radius 2 is 1.80 bits per heavy atom. The van der Waals surface area contributed by atoms with Gasteiger partial charge in [0.05, 0.1) is 0 Å². The molecule has 20 heavy (non-hydrogen) atoms. The van der Waals surface area contributed by atoms with Gasteiger partial charge in [0.2, 0.25) is 5.91 Å². The van der Waals surface area contributed by atoms with Crippen molar-refractivity contribution in [1.29, 1.82) is 0 Å². The number of hydrogen-bond acceptors (Lipinski definition) is 2. The number of aryl methyl sites for hydroxylation is 1. The second kappa shape index (κ2) is 5.69. The van der Waals surface area contributed by atoms with Crippen molar-refractivity contribution in [2.75, 3.05) is 5.32 Å². The third kappa shape index (κ3) is 3.32. The molecule has 0 aromatic heterocycles. The number of nitrogens with one attached hydrogen (secondary N) is 1. The fraction of sp³-hybridized carbons (Fsp3) is 0.133. The Bertz CT molecular complexity index is 636. The lowest BCUT2D eigenvalue weighted by Crippen LogP contribution is -2.11. The van der Waals surface area contributed by atoms with Crippen LogP contribution in [-0.4, -0.2) is 5.91 Å². The molecule has 0 atom stereocenters. The van der Waals surface area contributed by atoms with Crippen LogP contribution in [0.25, 0.3) is 0 Å².